The highest BCUT2D eigenvalue weighted by Gasteiger charge is 2.48. The average molecular weight is 284 g/mol. The van der Waals surface area contributed by atoms with Crippen LogP contribution in [0.4, 0.5) is 0 Å². The lowest BCUT2D eigenvalue weighted by atomic mass is 10.0. The van der Waals surface area contributed by atoms with Gasteiger partial charge in [0.25, 0.3) is 0 Å². The second kappa shape index (κ2) is 8.42. The molecule has 1 N–H and O–H groups in total. The quantitative estimate of drug-likeness (QED) is 0.401. The molecule has 0 spiro atoms. The number of hydrogen-bond donors (Lipinski definition) is 1. The number of aliphatic hydroxyl groups is 1. The molecule has 1 heterocycles. The molecule has 0 bridgehead atoms. The number of rotatable bonds is 9. The number of allylic oxidation sites excluding steroid dienone is 1. The molecule has 0 aliphatic carbocycles. The van der Waals surface area contributed by atoms with Gasteiger partial charge in [0.05, 0.1) is 5.57 Å². The van der Waals surface area contributed by atoms with Gasteiger partial charge in [-0.25, -0.2) is 4.79 Å². The maximum absolute atomic E-state index is 11.7. The Morgan fingerprint density at radius 1 is 1.25 bits per heavy atom. The fourth-order valence-corrected chi connectivity index (χ4v) is 2.40. The molecule has 0 saturated carbocycles. The minimum absolute atomic E-state index is 0.334. The first-order valence-electron chi connectivity index (χ1n) is 7.71. The van der Waals surface area contributed by atoms with Gasteiger partial charge in [0, 0.05) is 14.0 Å². The molecule has 1 fully saturated rings. The van der Waals surface area contributed by atoms with Gasteiger partial charge in [0.15, 0.2) is 6.10 Å². The van der Waals surface area contributed by atoms with Crippen LogP contribution in [0.25, 0.3) is 0 Å². The van der Waals surface area contributed by atoms with Gasteiger partial charge in [0.2, 0.25) is 5.79 Å². The molecule has 116 valence electrons. The highest BCUT2D eigenvalue weighted by molar-refractivity contribution is 5.92. The standard InChI is InChI=1S/C16H28O4/c1-4-5-6-7-8-9-10-11-12-13-14(17)16(2,19-3)20-15(13)18/h12,14,17H,4-11H2,1-3H3/b13-12-/t14-,16+/m0/s1. The number of unbranched alkanes of at least 4 members (excludes halogenated alkanes) is 7. The van der Waals surface area contributed by atoms with Crippen LogP contribution in [0.1, 0.15) is 65.2 Å². The monoisotopic (exact) mass is 284 g/mol. The Hall–Kier alpha value is -0.870. The first kappa shape index (κ1) is 17.2. The fourth-order valence-electron chi connectivity index (χ4n) is 2.40. The van der Waals surface area contributed by atoms with E-state index in [1.54, 1.807) is 13.0 Å². The van der Waals surface area contributed by atoms with Crippen molar-refractivity contribution < 1.29 is 19.4 Å². The van der Waals surface area contributed by atoms with Gasteiger partial charge in [-0.1, -0.05) is 51.5 Å². The summed E-state index contributed by atoms with van der Waals surface area (Å²) in [6, 6.07) is 0. The summed E-state index contributed by atoms with van der Waals surface area (Å²) < 4.78 is 10.1. The third-order valence-electron chi connectivity index (χ3n) is 3.90. The van der Waals surface area contributed by atoms with Gasteiger partial charge in [-0.05, 0) is 12.8 Å². The Kier molecular flexibility index (Phi) is 7.24. The van der Waals surface area contributed by atoms with Crippen LogP contribution in [0.5, 0.6) is 0 Å². The van der Waals surface area contributed by atoms with Gasteiger partial charge >= 0.3 is 5.97 Å². The Morgan fingerprint density at radius 2 is 1.85 bits per heavy atom. The van der Waals surface area contributed by atoms with Crippen molar-refractivity contribution in [1.82, 2.24) is 0 Å². The largest absolute Gasteiger partial charge is 0.427 e. The number of carbonyl (C=O) groups is 1. The van der Waals surface area contributed by atoms with E-state index in [0.717, 1.165) is 12.8 Å². The number of ether oxygens (including phenoxy) is 2. The zero-order chi connectivity index (χ0) is 15.0. The van der Waals surface area contributed by atoms with Crippen molar-refractivity contribution in [3.05, 3.63) is 11.6 Å². The van der Waals surface area contributed by atoms with Crippen molar-refractivity contribution in [2.24, 2.45) is 0 Å². The van der Waals surface area contributed by atoms with Crippen LogP contribution in [0, 0.1) is 0 Å². The van der Waals surface area contributed by atoms with E-state index in [4.69, 9.17) is 9.47 Å². The third-order valence-corrected chi connectivity index (χ3v) is 3.90. The molecule has 4 heteroatoms. The lowest BCUT2D eigenvalue weighted by Gasteiger charge is -2.23. The first-order chi connectivity index (χ1) is 9.55. The normalized spacial score (nSPS) is 28.1. The lowest BCUT2D eigenvalue weighted by Crippen LogP contribution is -2.38. The zero-order valence-electron chi connectivity index (χ0n) is 13.0. The van der Waals surface area contributed by atoms with Crippen molar-refractivity contribution in [2.75, 3.05) is 7.11 Å². The molecule has 0 unspecified atom stereocenters. The van der Waals surface area contributed by atoms with Crippen molar-refractivity contribution in [2.45, 2.75) is 77.1 Å². The van der Waals surface area contributed by atoms with Crippen LogP contribution in [-0.2, 0) is 14.3 Å². The van der Waals surface area contributed by atoms with Crippen LogP contribution in [0.2, 0.25) is 0 Å². The second-order valence-electron chi connectivity index (χ2n) is 5.58. The highest BCUT2D eigenvalue weighted by Crippen LogP contribution is 2.31. The van der Waals surface area contributed by atoms with Gasteiger partial charge in [-0.15, -0.1) is 0 Å². The molecule has 1 aliphatic heterocycles. The van der Waals surface area contributed by atoms with E-state index in [0.29, 0.717) is 5.57 Å². The van der Waals surface area contributed by atoms with Crippen LogP contribution >= 0.6 is 0 Å². The van der Waals surface area contributed by atoms with Crippen LogP contribution in [-0.4, -0.2) is 30.1 Å². The maximum Gasteiger partial charge on any atom is 0.339 e. The van der Waals surface area contributed by atoms with Gasteiger partial charge in [0.1, 0.15) is 0 Å². The molecule has 0 amide bonds. The van der Waals surface area contributed by atoms with Crippen molar-refractivity contribution >= 4 is 5.97 Å². The van der Waals surface area contributed by atoms with Gasteiger partial charge in [-0.3, -0.25) is 0 Å². The van der Waals surface area contributed by atoms with E-state index >= 15 is 0 Å². The molecule has 0 radical (unpaired) electrons. The van der Waals surface area contributed by atoms with Crippen molar-refractivity contribution in [3.63, 3.8) is 0 Å². The summed E-state index contributed by atoms with van der Waals surface area (Å²) in [6.07, 6.45) is 10.2. The summed E-state index contributed by atoms with van der Waals surface area (Å²) in [5, 5.41) is 10.0. The van der Waals surface area contributed by atoms with Crippen LogP contribution in [0.15, 0.2) is 11.6 Å². The summed E-state index contributed by atoms with van der Waals surface area (Å²) in [5.41, 5.74) is 0.334. The Bertz CT molecular complexity index is 337. The number of aliphatic hydroxyl groups excluding tert-OH is 1. The summed E-state index contributed by atoms with van der Waals surface area (Å²) in [7, 11) is 1.43. The third kappa shape index (κ3) is 4.60. The van der Waals surface area contributed by atoms with E-state index < -0.39 is 17.9 Å². The van der Waals surface area contributed by atoms with Gasteiger partial charge in [-0.2, -0.15) is 0 Å². The topological polar surface area (TPSA) is 55.8 Å². The highest BCUT2D eigenvalue weighted by atomic mass is 16.7. The molecule has 20 heavy (non-hydrogen) atoms. The smallest absolute Gasteiger partial charge is 0.339 e. The lowest BCUT2D eigenvalue weighted by molar-refractivity contribution is -0.218. The fraction of sp³-hybridized carbons (Fsp3) is 0.812. The van der Waals surface area contributed by atoms with E-state index in [1.807, 2.05) is 0 Å². The molecular weight excluding hydrogens is 256 g/mol. The number of esters is 1. The number of carbonyl (C=O) groups excluding carboxylic acids is 1. The summed E-state index contributed by atoms with van der Waals surface area (Å²) in [4.78, 5) is 11.7. The Labute approximate surface area is 122 Å². The maximum atomic E-state index is 11.7. The summed E-state index contributed by atoms with van der Waals surface area (Å²) in [6.45, 7) is 3.79. The zero-order valence-corrected chi connectivity index (χ0v) is 13.0. The molecular formula is C16H28O4. The van der Waals surface area contributed by atoms with Crippen LogP contribution < -0.4 is 0 Å². The first-order valence-corrected chi connectivity index (χ1v) is 7.71. The number of methoxy groups -OCH3 is 1. The predicted octanol–water partition coefficient (Wildman–Crippen LogP) is 3.33. The van der Waals surface area contributed by atoms with E-state index in [2.05, 4.69) is 6.92 Å². The Morgan fingerprint density at radius 3 is 2.40 bits per heavy atom. The second-order valence-corrected chi connectivity index (χ2v) is 5.58. The van der Waals surface area contributed by atoms with E-state index in [9.17, 15) is 9.90 Å². The SMILES string of the molecule is CCCCCCCCC/C=C1\C(=O)O[C@@](C)(OC)[C@H]1O. The van der Waals surface area contributed by atoms with E-state index in [-0.39, 0.29) is 0 Å². The summed E-state index contributed by atoms with van der Waals surface area (Å²) in [5.74, 6) is -1.70. The molecule has 0 aromatic heterocycles. The minimum atomic E-state index is -1.23. The molecule has 2 atom stereocenters. The average Bonchev–Trinajstić information content (AvgIpc) is 2.65. The van der Waals surface area contributed by atoms with E-state index in [1.165, 1.54) is 45.6 Å². The number of hydrogen-bond acceptors (Lipinski definition) is 4. The molecule has 1 saturated heterocycles. The molecule has 1 rings (SSSR count). The predicted molar refractivity (Wildman–Crippen MR) is 78.2 cm³/mol. The van der Waals surface area contributed by atoms with Crippen molar-refractivity contribution in [3.8, 4) is 0 Å². The van der Waals surface area contributed by atoms with Crippen molar-refractivity contribution in [1.29, 1.82) is 0 Å². The number of cyclic esters (lactones) is 1. The summed E-state index contributed by atoms with van der Waals surface area (Å²) >= 11 is 0. The molecule has 0 aromatic carbocycles. The van der Waals surface area contributed by atoms with Crippen LogP contribution in [0.3, 0.4) is 0 Å². The molecule has 0 aromatic rings. The molecule has 4 nitrogen and oxygen atoms in total. The van der Waals surface area contributed by atoms with Gasteiger partial charge < -0.3 is 14.6 Å². The molecule has 1 aliphatic rings. The minimum Gasteiger partial charge on any atom is -0.427 e. The Balaban J connectivity index is 2.27.